The van der Waals surface area contributed by atoms with Crippen molar-refractivity contribution in [2.45, 2.75) is 13.0 Å². The Morgan fingerprint density at radius 2 is 1.82 bits per heavy atom. The van der Waals surface area contributed by atoms with Crippen LogP contribution in [0.25, 0.3) is 6.08 Å². The Kier molecular flexibility index (Phi) is 6.39. The molecule has 0 amide bonds. The van der Waals surface area contributed by atoms with E-state index in [4.69, 9.17) is 18.9 Å². The normalized spacial score (nSPS) is 15.7. The van der Waals surface area contributed by atoms with Crippen molar-refractivity contribution in [1.29, 1.82) is 0 Å². The number of carbonyl (C=O) groups is 1. The average molecular weight is 487 g/mol. The summed E-state index contributed by atoms with van der Waals surface area (Å²) in [6, 6.07) is 6.53. The van der Waals surface area contributed by atoms with Crippen LogP contribution in [-0.2, 0) is 9.53 Å². The molecular formula is C23H22N2O6S2. The van der Waals surface area contributed by atoms with Crippen LogP contribution in [0.2, 0.25) is 0 Å². The van der Waals surface area contributed by atoms with E-state index in [0.29, 0.717) is 37.8 Å². The van der Waals surface area contributed by atoms with Crippen molar-refractivity contribution in [2.24, 2.45) is 4.99 Å². The monoisotopic (exact) mass is 486 g/mol. The molecule has 0 bridgehead atoms. The number of thiazole rings is 1. The maximum atomic E-state index is 13.5. The third kappa shape index (κ3) is 3.96. The molecule has 0 aliphatic carbocycles. The first-order chi connectivity index (χ1) is 15.9. The van der Waals surface area contributed by atoms with Crippen molar-refractivity contribution in [3.05, 3.63) is 71.0 Å². The number of fused-ring (bicyclic) bond motifs is 1. The van der Waals surface area contributed by atoms with Gasteiger partial charge in [0.1, 0.15) is 0 Å². The zero-order valence-electron chi connectivity index (χ0n) is 18.7. The minimum Gasteiger partial charge on any atom is -0.493 e. The number of allylic oxidation sites excluding steroid dienone is 1. The second-order valence-electron chi connectivity index (χ2n) is 7.05. The van der Waals surface area contributed by atoms with E-state index < -0.39 is 12.0 Å². The molecule has 1 aliphatic heterocycles. The second-order valence-corrected chi connectivity index (χ2v) is 9.04. The zero-order valence-corrected chi connectivity index (χ0v) is 20.3. The van der Waals surface area contributed by atoms with E-state index in [0.717, 1.165) is 4.88 Å². The minimum absolute atomic E-state index is 0.250. The maximum Gasteiger partial charge on any atom is 0.338 e. The predicted octanol–water partition coefficient (Wildman–Crippen LogP) is 2.50. The van der Waals surface area contributed by atoms with Gasteiger partial charge in [-0.25, -0.2) is 9.79 Å². The fraction of sp³-hybridized carbons (Fsp3) is 0.261. The lowest BCUT2D eigenvalue weighted by molar-refractivity contribution is -0.136. The van der Waals surface area contributed by atoms with Gasteiger partial charge in [0.05, 0.1) is 50.3 Å². The third-order valence-corrected chi connectivity index (χ3v) is 7.05. The maximum absolute atomic E-state index is 13.5. The van der Waals surface area contributed by atoms with Crippen molar-refractivity contribution in [3.8, 4) is 17.2 Å². The SMILES string of the molecule is COC(=O)C1=C(C)N=c2s/c(=C/c3cccs3)c(=O)n2C1c1cc(OC)c(OC)c(OC)c1. The molecule has 8 nitrogen and oxygen atoms in total. The fourth-order valence-electron chi connectivity index (χ4n) is 3.77. The summed E-state index contributed by atoms with van der Waals surface area (Å²) in [5.74, 6) is 0.662. The van der Waals surface area contributed by atoms with Gasteiger partial charge in [-0.15, -0.1) is 11.3 Å². The second kappa shape index (κ2) is 9.24. The molecule has 0 saturated heterocycles. The van der Waals surface area contributed by atoms with Gasteiger partial charge >= 0.3 is 5.97 Å². The van der Waals surface area contributed by atoms with E-state index in [1.807, 2.05) is 23.6 Å². The van der Waals surface area contributed by atoms with Gasteiger partial charge in [-0.3, -0.25) is 9.36 Å². The van der Waals surface area contributed by atoms with E-state index >= 15 is 0 Å². The molecule has 33 heavy (non-hydrogen) atoms. The van der Waals surface area contributed by atoms with Gasteiger partial charge in [-0.05, 0) is 42.1 Å². The topological polar surface area (TPSA) is 88.4 Å². The number of esters is 1. The summed E-state index contributed by atoms with van der Waals surface area (Å²) in [4.78, 5) is 32.4. The fourth-order valence-corrected chi connectivity index (χ4v) is 5.54. The zero-order chi connectivity index (χ0) is 23.7. The number of hydrogen-bond acceptors (Lipinski definition) is 9. The molecule has 4 rings (SSSR count). The van der Waals surface area contributed by atoms with Crippen LogP contribution in [-0.4, -0.2) is 39.0 Å². The Hall–Kier alpha value is -3.37. The van der Waals surface area contributed by atoms with Gasteiger partial charge < -0.3 is 18.9 Å². The number of nitrogens with zero attached hydrogens (tertiary/aromatic N) is 2. The Morgan fingerprint density at radius 1 is 1.12 bits per heavy atom. The first-order valence-electron chi connectivity index (χ1n) is 9.87. The van der Waals surface area contributed by atoms with Crippen molar-refractivity contribution in [2.75, 3.05) is 28.4 Å². The molecule has 0 N–H and O–H groups in total. The van der Waals surface area contributed by atoms with Gasteiger partial charge in [0, 0.05) is 4.88 Å². The number of aromatic nitrogens is 1. The van der Waals surface area contributed by atoms with E-state index in [2.05, 4.69) is 4.99 Å². The van der Waals surface area contributed by atoms with Crippen molar-refractivity contribution >= 4 is 34.7 Å². The van der Waals surface area contributed by atoms with E-state index in [1.165, 1.54) is 55.7 Å². The Morgan fingerprint density at radius 3 is 2.36 bits per heavy atom. The van der Waals surface area contributed by atoms with E-state index in [-0.39, 0.29) is 11.1 Å². The lowest BCUT2D eigenvalue weighted by Gasteiger charge is -2.25. The first-order valence-corrected chi connectivity index (χ1v) is 11.6. The highest BCUT2D eigenvalue weighted by molar-refractivity contribution is 7.11. The quantitative estimate of drug-likeness (QED) is 0.498. The van der Waals surface area contributed by atoms with Crippen LogP contribution in [0.4, 0.5) is 0 Å². The largest absolute Gasteiger partial charge is 0.493 e. The molecule has 172 valence electrons. The molecule has 3 aromatic rings. The summed E-state index contributed by atoms with van der Waals surface area (Å²) < 4.78 is 23.5. The van der Waals surface area contributed by atoms with Gasteiger partial charge in [-0.1, -0.05) is 17.4 Å². The van der Waals surface area contributed by atoms with Crippen molar-refractivity contribution in [3.63, 3.8) is 0 Å². The van der Waals surface area contributed by atoms with Crippen LogP contribution in [0.1, 0.15) is 23.4 Å². The number of hydrogen-bond donors (Lipinski definition) is 0. The Labute approximate surface area is 197 Å². The molecule has 1 unspecified atom stereocenters. The summed E-state index contributed by atoms with van der Waals surface area (Å²) in [6.07, 6.45) is 1.83. The van der Waals surface area contributed by atoms with Crippen molar-refractivity contribution in [1.82, 2.24) is 4.57 Å². The summed E-state index contributed by atoms with van der Waals surface area (Å²) in [6.45, 7) is 1.73. The van der Waals surface area contributed by atoms with Crippen LogP contribution >= 0.6 is 22.7 Å². The van der Waals surface area contributed by atoms with Gasteiger partial charge in [0.25, 0.3) is 5.56 Å². The summed E-state index contributed by atoms with van der Waals surface area (Å²) in [5.41, 5.74) is 1.09. The molecule has 0 saturated carbocycles. The summed E-state index contributed by atoms with van der Waals surface area (Å²) in [7, 11) is 5.83. The van der Waals surface area contributed by atoms with E-state index in [9.17, 15) is 9.59 Å². The standard InChI is InChI=1S/C23H22N2O6S2/c1-12-18(22(27)31-5)19(13-9-15(28-2)20(30-4)16(10-13)29-3)25-21(26)17(33-23(25)24-12)11-14-7-6-8-32-14/h6-11,19H,1-5H3/b17-11+. The number of carbonyl (C=O) groups excluding carboxylic acids is 1. The van der Waals surface area contributed by atoms with Gasteiger partial charge in [0.2, 0.25) is 5.75 Å². The molecule has 1 aromatic carbocycles. The average Bonchev–Trinajstić information content (AvgIpc) is 3.44. The highest BCUT2D eigenvalue weighted by Crippen LogP contribution is 2.42. The number of methoxy groups -OCH3 is 4. The minimum atomic E-state index is -0.784. The summed E-state index contributed by atoms with van der Waals surface area (Å²) >= 11 is 2.81. The highest BCUT2D eigenvalue weighted by Gasteiger charge is 2.34. The number of rotatable bonds is 6. The molecule has 10 heteroatoms. The number of ether oxygens (including phenoxy) is 4. The highest BCUT2D eigenvalue weighted by atomic mass is 32.1. The molecule has 3 heterocycles. The summed E-state index contributed by atoms with van der Waals surface area (Å²) in [5, 5.41) is 1.95. The van der Waals surface area contributed by atoms with Gasteiger partial charge in [0.15, 0.2) is 16.3 Å². The lowest BCUT2D eigenvalue weighted by atomic mass is 9.95. The van der Waals surface area contributed by atoms with E-state index in [1.54, 1.807) is 19.1 Å². The predicted molar refractivity (Wildman–Crippen MR) is 126 cm³/mol. The lowest BCUT2D eigenvalue weighted by Crippen LogP contribution is -2.39. The smallest absolute Gasteiger partial charge is 0.338 e. The van der Waals surface area contributed by atoms with Crippen LogP contribution < -0.4 is 29.1 Å². The molecular weight excluding hydrogens is 464 g/mol. The van der Waals surface area contributed by atoms with Crippen LogP contribution in [0.3, 0.4) is 0 Å². The van der Waals surface area contributed by atoms with Gasteiger partial charge in [-0.2, -0.15) is 0 Å². The molecule has 1 atom stereocenters. The van der Waals surface area contributed by atoms with Crippen LogP contribution in [0, 0.1) is 0 Å². The van der Waals surface area contributed by atoms with Crippen LogP contribution in [0.5, 0.6) is 17.2 Å². The molecule has 1 aliphatic rings. The Bertz CT molecular complexity index is 1390. The molecule has 0 spiro atoms. The molecule has 0 radical (unpaired) electrons. The number of benzene rings is 1. The van der Waals surface area contributed by atoms with Crippen molar-refractivity contribution < 1.29 is 23.7 Å². The third-order valence-electron chi connectivity index (χ3n) is 5.25. The number of thiophene rings is 1. The first kappa shape index (κ1) is 22.8. The molecule has 0 fully saturated rings. The molecule has 2 aromatic heterocycles. The van der Waals surface area contributed by atoms with Crippen LogP contribution in [0.15, 0.2) is 50.7 Å². The Balaban J connectivity index is 2.03.